The molecule has 2 aromatic heterocycles. The first kappa shape index (κ1) is 14.9. The van der Waals surface area contributed by atoms with E-state index in [-0.39, 0.29) is 6.04 Å². The average Bonchev–Trinajstić information content (AvgIpc) is 2.77. The number of rotatable bonds is 5. The quantitative estimate of drug-likeness (QED) is 0.906. The summed E-state index contributed by atoms with van der Waals surface area (Å²) < 4.78 is 1.93. The summed E-state index contributed by atoms with van der Waals surface area (Å²) in [7, 11) is 4.20. The lowest BCUT2D eigenvalue weighted by Crippen LogP contribution is -2.36. The summed E-state index contributed by atoms with van der Waals surface area (Å²) >= 11 is 0. The van der Waals surface area contributed by atoms with Crippen LogP contribution >= 0.6 is 0 Å². The van der Waals surface area contributed by atoms with Gasteiger partial charge in [-0.2, -0.15) is 5.10 Å². The number of hydrogen-bond donors (Lipinski definition) is 1. The molecule has 2 aromatic rings. The molecular weight excluding hydrogens is 250 g/mol. The van der Waals surface area contributed by atoms with Crippen LogP contribution in [0.25, 0.3) is 5.65 Å². The fraction of sp³-hybridized carbons (Fsp3) is 0.600. The smallest absolute Gasteiger partial charge is 0.155 e. The van der Waals surface area contributed by atoms with Crippen LogP contribution in [0.15, 0.2) is 12.3 Å². The van der Waals surface area contributed by atoms with E-state index in [1.807, 2.05) is 23.7 Å². The van der Waals surface area contributed by atoms with E-state index in [0.29, 0.717) is 6.04 Å². The van der Waals surface area contributed by atoms with Crippen LogP contribution in [0.4, 0.5) is 0 Å². The van der Waals surface area contributed by atoms with Gasteiger partial charge in [-0.3, -0.25) is 0 Å². The Kier molecular flexibility index (Phi) is 4.40. The first-order valence-electron chi connectivity index (χ1n) is 7.12. The maximum atomic E-state index is 4.50. The van der Waals surface area contributed by atoms with E-state index in [1.165, 1.54) is 5.56 Å². The van der Waals surface area contributed by atoms with Crippen LogP contribution in [0, 0.1) is 13.8 Å². The van der Waals surface area contributed by atoms with Gasteiger partial charge in [-0.15, -0.1) is 0 Å². The molecule has 0 aliphatic rings. The molecule has 0 aliphatic heterocycles. The molecule has 1 N–H and O–H groups in total. The Hall–Kier alpha value is -1.46. The Morgan fingerprint density at radius 2 is 2.00 bits per heavy atom. The van der Waals surface area contributed by atoms with E-state index >= 15 is 0 Å². The van der Waals surface area contributed by atoms with Gasteiger partial charge in [0.25, 0.3) is 0 Å². The number of aromatic nitrogens is 3. The molecule has 0 aromatic carbocycles. The third-order valence-electron chi connectivity index (χ3n) is 3.95. The van der Waals surface area contributed by atoms with E-state index in [1.54, 1.807) is 0 Å². The number of fused-ring (bicyclic) bond motifs is 1. The molecule has 0 bridgehead atoms. The van der Waals surface area contributed by atoms with E-state index in [9.17, 15) is 0 Å². The lowest BCUT2D eigenvalue weighted by molar-refractivity contribution is 0.295. The number of likely N-dealkylation sites (N-methyl/N-ethyl adjacent to an activating group) is 1. The number of nitrogens with one attached hydrogen (secondary N) is 1. The monoisotopic (exact) mass is 275 g/mol. The first-order valence-corrected chi connectivity index (χ1v) is 7.12. The highest BCUT2D eigenvalue weighted by Gasteiger charge is 2.14. The van der Waals surface area contributed by atoms with Crippen molar-refractivity contribution in [1.82, 2.24) is 24.8 Å². The van der Waals surface area contributed by atoms with Gasteiger partial charge in [-0.05, 0) is 41.8 Å². The molecule has 0 radical (unpaired) electrons. The largest absolute Gasteiger partial charge is 0.309 e. The Balaban J connectivity index is 2.17. The van der Waals surface area contributed by atoms with E-state index in [2.05, 4.69) is 55.2 Å². The van der Waals surface area contributed by atoms with Gasteiger partial charge >= 0.3 is 0 Å². The van der Waals surface area contributed by atoms with Crippen molar-refractivity contribution in [2.45, 2.75) is 39.8 Å². The minimum Gasteiger partial charge on any atom is -0.309 e. The molecule has 110 valence electrons. The third kappa shape index (κ3) is 2.99. The molecule has 5 nitrogen and oxygen atoms in total. The second-order valence-corrected chi connectivity index (χ2v) is 5.80. The zero-order chi connectivity index (χ0) is 14.9. The van der Waals surface area contributed by atoms with E-state index in [4.69, 9.17) is 0 Å². The fourth-order valence-corrected chi connectivity index (χ4v) is 2.24. The second kappa shape index (κ2) is 5.89. The van der Waals surface area contributed by atoms with Crippen molar-refractivity contribution >= 4 is 5.65 Å². The number of aryl methyl sites for hydroxylation is 2. The van der Waals surface area contributed by atoms with Crippen LogP contribution in [-0.4, -0.2) is 46.2 Å². The van der Waals surface area contributed by atoms with Gasteiger partial charge in [-0.25, -0.2) is 9.50 Å². The molecule has 0 aliphatic carbocycles. The molecule has 2 atom stereocenters. The average molecular weight is 275 g/mol. The topological polar surface area (TPSA) is 45.5 Å². The molecule has 2 heterocycles. The van der Waals surface area contributed by atoms with Crippen molar-refractivity contribution in [1.29, 1.82) is 0 Å². The van der Waals surface area contributed by atoms with Crippen molar-refractivity contribution in [3.8, 4) is 0 Å². The highest BCUT2D eigenvalue weighted by molar-refractivity contribution is 5.42. The van der Waals surface area contributed by atoms with Gasteiger partial charge < -0.3 is 10.2 Å². The Morgan fingerprint density at radius 1 is 1.30 bits per heavy atom. The molecule has 0 saturated carbocycles. The Bertz CT molecular complexity index is 587. The molecule has 0 fully saturated rings. The summed E-state index contributed by atoms with van der Waals surface area (Å²) in [6.45, 7) is 9.43. The van der Waals surface area contributed by atoms with Crippen molar-refractivity contribution in [3.63, 3.8) is 0 Å². The molecule has 20 heavy (non-hydrogen) atoms. The summed E-state index contributed by atoms with van der Waals surface area (Å²) in [4.78, 5) is 6.71. The summed E-state index contributed by atoms with van der Waals surface area (Å²) in [5.41, 5.74) is 4.27. The molecule has 0 saturated heterocycles. The molecule has 5 heteroatoms. The van der Waals surface area contributed by atoms with Gasteiger partial charge in [0.15, 0.2) is 5.65 Å². The zero-order valence-electron chi connectivity index (χ0n) is 13.3. The predicted octanol–water partition coefficient (Wildman–Crippen LogP) is 1.95. The van der Waals surface area contributed by atoms with Crippen LogP contribution in [0.2, 0.25) is 0 Å². The van der Waals surface area contributed by atoms with Crippen molar-refractivity contribution in [3.05, 3.63) is 29.2 Å². The lowest BCUT2D eigenvalue weighted by Gasteiger charge is -2.23. The zero-order valence-corrected chi connectivity index (χ0v) is 13.3. The fourth-order valence-electron chi connectivity index (χ4n) is 2.24. The highest BCUT2D eigenvalue weighted by Crippen LogP contribution is 2.18. The van der Waals surface area contributed by atoms with Crippen LogP contribution in [0.1, 0.15) is 36.8 Å². The normalized spacial score (nSPS) is 14.9. The van der Waals surface area contributed by atoms with Crippen molar-refractivity contribution < 1.29 is 0 Å². The van der Waals surface area contributed by atoms with Crippen molar-refractivity contribution in [2.75, 3.05) is 20.6 Å². The van der Waals surface area contributed by atoms with Crippen molar-refractivity contribution in [2.24, 2.45) is 0 Å². The summed E-state index contributed by atoms with van der Waals surface area (Å²) in [5, 5.41) is 8.07. The van der Waals surface area contributed by atoms with Crippen LogP contribution in [-0.2, 0) is 0 Å². The van der Waals surface area contributed by atoms with E-state index < -0.39 is 0 Å². The van der Waals surface area contributed by atoms with Crippen LogP contribution in [0.5, 0.6) is 0 Å². The minimum absolute atomic E-state index is 0.263. The van der Waals surface area contributed by atoms with Gasteiger partial charge in [-0.1, -0.05) is 0 Å². The Morgan fingerprint density at radius 3 is 2.65 bits per heavy atom. The van der Waals surface area contributed by atoms with Crippen LogP contribution in [0.3, 0.4) is 0 Å². The van der Waals surface area contributed by atoms with E-state index in [0.717, 1.165) is 23.6 Å². The third-order valence-corrected chi connectivity index (χ3v) is 3.95. The second-order valence-electron chi connectivity index (χ2n) is 5.80. The molecule has 2 unspecified atom stereocenters. The van der Waals surface area contributed by atoms with Gasteiger partial charge in [0, 0.05) is 42.1 Å². The molecule has 2 rings (SSSR count). The number of nitrogens with zero attached hydrogens (tertiary/aromatic N) is 4. The molecule has 0 spiro atoms. The summed E-state index contributed by atoms with van der Waals surface area (Å²) in [6.07, 6.45) is 1.96. The first-order chi connectivity index (χ1) is 9.40. The van der Waals surface area contributed by atoms with Gasteiger partial charge in [0.1, 0.15) is 0 Å². The molecule has 0 amide bonds. The number of hydrogen-bond acceptors (Lipinski definition) is 4. The Labute approximate surface area is 121 Å². The van der Waals surface area contributed by atoms with Crippen LogP contribution < -0.4 is 5.32 Å². The minimum atomic E-state index is 0.263. The van der Waals surface area contributed by atoms with Gasteiger partial charge in [0.05, 0.1) is 5.69 Å². The summed E-state index contributed by atoms with van der Waals surface area (Å²) in [5.74, 6) is 0. The summed E-state index contributed by atoms with van der Waals surface area (Å²) in [6, 6.07) is 2.77. The highest BCUT2D eigenvalue weighted by atomic mass is 15.3. The SMILES string of the molecule is Cc1cc2ncc(C(C)NCC(C)N(C)C)c(C)n2n1. The lowest BCUT2D eigenvalue weighted by atomic mass is 10.1. The predicted molar refractivity (Wildman–Crippen MR) is 82.0 cm³/mol. The molecular formula is C15H25N5. The van der Waals surface area contributed by atoms with Gasteiger partial charge in [0.2, 0.25) is 0 Å². The maximum absolute atomic E-state index is 4.50. The standard InChI is InChI=1S/C15H25N5/c1-10-7-15-17-9-14(13(4)20(15)18-10)12(3)16-8-11(2)19(5)6/h7,9,11-12,16H,8H2,1-6H3. The maximum Gasteiger partial charge on any atom is 0.155 e.